The molecule has 8 aromatic rings. The number of aliphatic hydroxyl groups excluding tert-OH is 2. The zero-order valence-corrected chi connectivity index (χ0v) is 54.2. The third-order valence-corrected chi connectivity index (χ3v) is 17.0. The highest BCUT2D eigenvalue weighted by atomic mass is 19.3. The van der Waals surface area contributed by atoms with E-state index in [1.165, 1.54) is 28.6 Å². The number of halogens is 4. The number of hydrogen-bond acceptors (Lipinski definition) is 20. The Morgan fingerprint density at radius 3 is 1.52 bits per heavy atom. The summed E-state index contributed by atoms with van der Waals surface area (Å²) >= 11 is 0. The number of rotatable bonds is 17. The normalized spacial score (nSPS) is 19.8. The molecule has 4 aliphatic heterocycles. The highest BCUT2D eigenvalue weighted by molar-refractivity contribution is 5.86. The van der Waals surface area contributed by atoms with Crippen molar-refractivity contribution in [3.63, 3.8) is 0 Å². The molecule has 12 rings (SSSR count). The summed E-state index contributed by atoms with van der Waals surface area (Å²) in [6, 6.07) is 24.1. The summed E-state index contributed by atoms with van der Waals surface area (Å²) in [5, 5.41) is 19.8. The third kappa shape index (κ3) is 16.1. The molecule has 29 heteroatoms. The Hall–Kier alpha value is -8.84. The standard InChI is InChI=1S/C31H36F2N6O4.C28H30F2N6O5.C7H12O4/c1-20-16-38(12-11-37(20)18-24-19-41-31(2,3)43-24)30-34-14-23(15-35-30)21-9-10-25-26(13-21)39(36(4)28(25)40)17-22-7-5-6-8-27(22)42-29(32)33;1-17-14-34(9-10-35(17)26(40)23(38)16-37)28-31-12-20(13-32-28)18-7-8-21-22(11-18)36(33(2)25(21)39)15-19-5-3-4-6-24(19)41-27(29)30;1-7(2)10-4-5(11-7)6(8)9-3/h5-10,13-15,20,24,29H,11-12,16-19H2,1-4H3;3-8,11-13,17,23,27,37-38H,9-10,14-16H2,1-2H3;5H,4H2,1-3H3/t20-,24-;17-,23+;5-/m110/s1. The highest BCUT2D eigenvalue weighted by Gasteiger charge is 2.39. The number of fused-ring (bicyclic) bond motifs is 2. The molecule has 0 spiro atoms. The van der Waals surface area contributed by atoms with Crippen molar-refractivity contribution in [2.75, 3.05) is 82.5 Å². The Morgan fingerprint density at radius 2 is 1.09 bits per heavy atom. The van der Waals surface area contributed by atoms with Crippen molar-refractivity contribution in [2.45, 2.75) is 110 Å². The van der Waals surface area contributed by atoms with Gasteiger partial charge in [0.2, 0.25) is 11.9 Å². The summed E-state index contributed by atoms with van der Waals surface area (Å²) in [5.41, 5.74) is 5.06. The molecule has 0 saturated carbocycles. The van der Waals surface area contributed by atoms with Gasteiger partial charge < -0.3 is 58.1 Å². The van der Waals surface area contributed by atoms with Crippen LogP contribution in [0.15, 0.2) is 119 Å². The molecule has 95 heavy (non-hydrogen) atoms. The van der Waals surface area contributed by atoms with Gasteiger partial charge in [-0.3, -0.25) is 38.0 Å². The molecule has 0 bridgehead atoms. The zero-order chi connectivity index (χ0) is 68.0. The first-order valence-corrected chi connectivity index (χ1v) is 30.9. The van der Waals surface area contributed by atoms with E-state index in [4.69, 9.17) is 28.8 Å². The Kier molecular flexibility index (Phi) is 21.4. The molecule has 4 fully saturated rings. The molecular weight excluding hydrogens is 1240 g/mol. The topological polar surface area (TPSA) is 258 Å². The van der Waals surface area contributed by atoms with Crippen LogP contribution in [0.3, 0.4) is 0 Å². The van der Waals surface area contributed by atoms with E-state index >= 15 is 0 Å². The lowest BCUT2D eigenvalue weighted by atomic mass is 10.1. The van der Waals surface area contributed by atoms with E-state index in [2.05, 4.69) is 46.1 Å². The van der Waals surface area contributed by atoms with Crippen molar-refractivity contribution < 1.29 is 70.5 Å². The Morgan fingerprint density at radius 1 is 0.632 bits per heavy atom. The van der Waals surface area contributed by atoms with Gasteiger partial charge in [0.1, 0.15) is 11.5 Å². The first-order valence-electron chi connectivity index (χ1n) is 30.9. The molecule has 8 heterocycles. The van der Waals surface area contributed by atoms with E-state index in [0.29, 0.717) is 82.7 Å². The number of aliphatic hydroxyl groups is 2. The second kappa shape index (κ2) is 29.4. The number of aromatic nitrogens is 8. The number of ether oxygens (including phenoxy) is 7. The number of alkyl halides is 4. The van der Waals surface area contributed by atoms with Gasteiger partial charge in [-0.05, 0) is 89.1 Å². The molecule has 4 aromatic heterocycles. The van der Waals surface area contributed by atoms with Gasteiger partial charge in [0.05, 0.1) is 67.9 Å². The van der Waals surface area contributed by atoms with Crippen LogP contribution < -0.4 is 30.4 Å². The number of carbonyl (C=O) groups is 2. The summed E-state index contributed by atoms with van der Waals surface area (Å²) in [5.74, 6) is -0.781. The number of para-hydroxylation sites is 2. The summed E-state index contributed by atoms with van der Waals surface area (Å²) < 4.78 is 94.2. The quantitative estimate of drug-likeness (QED) is 0.0753. The van der Waals surface area contributed by atoms with Gasteiger partial charge in [0.15, 0.2) is 23.8 Å². The fourth-order valence-corrected chi connectivity index (χ4v) is 12.0. The number of carbonyl (C=O) groups excluding carboxylic acids is 2. The first-order chi connectivity index (χ1) is 45.3. The van der Waals surface area contributed by atoms with Crippen molar-refractivity contribution in [1.82, 2.24) is 48.5 Å². The van der Waals surface area contributed by atoms with Gasteiger partial charge in [0, 0.05) is 119 Å². The minimum absolute atomic E-state index is 0.0426. The van der Waals surface area contributed by atoms with Gasteiger partial charge in [-0.25, -0.2) is 24.7 Å². The lowest BCUT2D eigenvalue weighted by molar-refractivity contribution is -0.167. The number of anilines is 2. The minimum atomic E-state index is -2.97. The Bertz CT molecular complexity index is 4110. The van der Waals surface area contributed by atoms with Gasteiger partial charge in [-0.1, -0.05) is 48.5 Å². The monoisotopic (exact) mass is 1320 g/mol. The fraction of sp³-hybridized carbons (Fsp3) is 0.455. The smallest absolute Gasteiger partial charge is 0.387 e. The van der Waals surface area contributed by atoms with Gasteiger partial charge >= 0.3 is 19.2 Å². The maximum Gasteiger partial charge on any atom is 0.387 e. The number of nitrogens with zero attached hydrogens (tertiary/aromatic N) is 12. The lowest BCUT2D eigenvalue weighted by Crippen LogP contribution is -2.57. The predicted molar refractivity (Wildman–Crippen MR) is 342 cm³/mol. The summed E-state index contributed by atoms with van der Waals surface area (Å²) in [6.45, 7) is 10.7. The molecule has 25 nitrogen and oxygen atoms in total. The molecule has 5 atom stereocenters. The molecule has 0 unspecified atom stereocenters. The van der Waals surface area contributed by atoms with E-state index in [9.17, 15) is 41.8 Å². The molecule has 508 valence electrons. The van der Waals surface area contributed by atoms with Crippen LogP contribution in [0.1, 0.15) is 52.7 Å². The SMILES string of the molecule is COC(=O)[C@@H]1COC(C)(C)O1.C[C@@H]1CN(c2ncc(-c3ccc4c(=O)n(C)n(Cc5ccccc5OC(F)F)c4c3)cn2)CCN1C(=O)[C@@H](O)CO.C[C@@H]1CN(c2ncc(-c3ccc4c(=O)n(C)n(Cc5ccccc5OC(F)F)c4c3)cn2)CCN1C[C@@H]1COC(C)(C)O1. The van der Waals surface area contributed by atoms with Gasteiger partial charge in [0.25, 0.3) is 17.0 Å². The summed E-state index contributed by atoms with van der Waals surface area (Å²) in [4.78, 5) is 75.6. The first kappa shape index (κ1) is 69.0. The van der Waals surface area contributed by atoms with Crippen LogP contribution in [-0.2, 0) is 60.5 Å². The molecule has 4 aromatic carbocycles. The minimum Gasteiger partial charge on any atom is -0.467 e. The van der Waals surface area contributed by atoms with E-state index in [0.717, 1.165) is 42.9 Å². The largest absolute Gasteiger partial charge is 0.467 e. The molecule has 0 radical (unpaired) electrons. The summed E-state index contributed by atoms with van der Waals surface area (Å²) in [6.07, 6.45) is 5.02. The summed E-state index contributed by atoms with van der Waals surface area (Å²) in [7, 11) is 4.61. The second-order valence-electron chi connectivity index (χ2n) is 24.4. The average Bonchev–Trinajstić information content (AvgIpc) is 1.64. The molecule has 0 aliphatic carbocycles. The van der Waals surface area contributed by atoms with Crippen molar-refractivity contribution in [3.05, 3.63) is 142 Å². The fourth-order valence-electron chi connectivity index (χ4n) is 12.0. The Labute approximate surface area is 544 Å². The van der Waals surface area contributed by atoms with E-state index < -0.39 is 49.5 Å². The van der Waals surface area contributed by atoms with Crippen LogP contribution >= 0.6 is 0 Å². The van der Waals surface area contributed by atoms with E-state index in [1.807, 2.05) is 43.9 Å². The van der Waals surface area contributed by atoms with E-state index in [1.54, 1.807) is 122 Å². The van der Waals surface area contributed by atoms with Crippen molar-refractivity contribution in [3.8, 4) is 33.8 Å². The van der Waals surface area contributed by atoms with Crippen LogP contribution in [0.4, 0.5) is 29.5 Å². The van der Waals surface area contributed by atoms with Gasteiger partial charge in [-0.2, -0.15) is 17.6 Å². The molecule has 2 N–H and O–H groups in total. The Balaban J connectivity index is 0.000000178. The number of esters is 1. The number of methoxy groups -OCH3 is 1. The van der Waals surface area contributed by atoms with E-state index in [-0.39, 0.29) is 60.4 Å². The number of hydrogen-bond donors (Lipinski definition) is 2. The van der Waals surface area contributed by atoms with Crippen LogP contribution in [0, 0.1) is 0 Å². The van der Waals surface area contributed by atoms with Crippen molar-refractivity contribution in [2.24, 2.45) is 14.1 Å². The van der Waals surface area contributed by atoms with Gasteiger partial charge in [-0.15, -0.1) is 0 Å². The van der Waals surface area contributed by atoms with Crippen LogP contribution in [0.2, 0.25) is 0 Å². The molecule has 4 aliphatic rings. The third-order valence-electron chi connectivity index (χ3n) is 17.0. The van der Waals surface area contributed by atoms with Crippen molar-refractivity contribution >= 4 is 45.6 Å². The maximum atomic E-state index is 13.0. The lowest BCUT2D eigenvalue weighted by Gasteiger charge is -2.40. The second-order valence-corrected chi connectivity index (χ2v) is 24.4. The van der Waals surface area contributed by atoms with Crippen LogP contribution in [-0.4, -0.2) is 198 Å². The van der Waals surface area contributed by atoms with Crippen LogP contribution in [0.25, 0.3) is 44.1 Å². The molecule has 4 saturated heterocycles. The van der Waals surface area contributed by atoms with Crippen LogP contribution in [0.5, 0.6) is 11.5 Å². The highest BCUT2D eigenvalue weighted by Crippen LogP contribution is 2.31. The zero-order valence-electron chi connectivity index (χ0n) is 54.2. The molecule has 1 amide bonds. The number of amides is 1. The number of piperazine rings is 2. The predicted octanol–water partition coefficient (Wildman–Crippen LogP) is 6.26. The molecular formula is C66H78F4N12O13. The maximum absolute atomic E-state index is 13.0. The number of benzene rings is 4. The van der Waals surface area contributed by atoms with Crippen molar-refractivity contribution in [1.29, 1.82) is 0 Å². The average molecular weight is 1320 g/mol.